The van der Waals surface area contributed by atoms with Crippen LogP contribution >= 0.6 is 24.2 Å². The summed E-state index contributed by atoms with van der Waals surface area (Å²) in [5, 5.41) is 3.25. The standard InChI is InChI=1S/C16H19N3O2S.ClH/c20-15(19-8-6-17-7-9-19)12-22-11-14-10-21-16(18-14)13-4-2-1-3-5-13;/h1-5,10,17H,6-9,11-12H2;1H. The first-order valence-electron chi connectivity index (χ1n) is 7.39. The average molecular weight is 354 g/mol. The van der Waals surface area contributed by atoms with Crippen molar-refractivity contribution in [1.82, 2.24) is 15.2 Å². The Kier molecular flexibility index (Phi) is 6.95. The van der Waals surface area contributed by atoms with E-state index in [2.05, 4.69) is 10.3 Å². The molecule has 124 valence electrons. The van der Waals surface area contributed by atoms with Gasteiger partial charge in [-0.25, -0.2) is 4.98 Å². The van der Waals surface area contributed by atoms with Crippen LogP contribution in [-0.2, 0) is 10.5 Å². The number of halogens is 1. The van der Waals surface area contributed by atoms with E-state index in [-0.39, 0.29) is 18.3 Å². The van der Waals surface area contributed by atoms with Crippen LogP contribution in [0.15, 0.2) is 41.0 Å². The molecule has 0 saturated carbocycles. The summed E-state index contributed by atoms with van der Waals surface area (Å²) < 4.78 is 5.50. The molecule has 3 rings (SSSR count). The minimum atomic E-state index is 0. The first-order chi connectivity index (χ1) is 10.8. The Morgan fingerprint density at radius 3 is 2.74 bits per heavy atom. The van der Waals surface area contributed by atoms with Gasteiger partial charge >= 0.3 is 0 Å². The number of piperazine rings is 1. The number of nitrogens with zero attached hydrogens (tertiary/aromatic N) is 2. The molecule has 1 aliphatic heterocycles. The van der Waals surface area contributed by atoms with Crippen LogP contribution in [0.2, 0.25) is 0 Å². The number of nitrogens with one attached hydrogen (secondary N) is 1. The number of oxazole rings is 1. The highest BCUT2D eigenvalue weighted by Crippen LogP contribution is 2.20. The van der Waals surface area contributed by atoms with Gasteiger partial charge in [0.05, 0.1) is 11.4 Å². The molecule has 23 heavy (non-hydrogen) atoms. The molecule has 0 radical (unpaired) electrons. The Bertz CT molecular complexity index is 615. The van der Waals surface area contributed by atoms with Crippen molar-refractivity contribution in [2.75, 3.05) is 31.9 Å². The predicted octanol–water partition coefficient (Wildman–Crippen LogP) is 2.43. The number of benzene rings is 1. The van der Waals surface area contributed by atoms with Crippen molar-refractivity contribution >= 4 is 30.1 Å². The summed E-state index contributed by atoms with van der Waals surface area (Å²) in [6.07, 6.45) is 1.67. The molecule has 0 bridgehead atoms. The molecule has 0 aliphatic carbocycles. The molecule has 0 unspecified atom stereocenters. The van der Waals surface area contributed by atoms with Gasteiger partial charge in [0, 0.05) is 37.5 Å². The summed E-state index contributed by atoms with van der Waals surface area (Å²) in [7, 11) is 0. The summed E-state index contributed by atoms with van der Waals surface area (Å²) in [5.41, 5.74) is 1.84. The normalized spacial score (nSPS) is 14.3. The second-order valence-electron chi connectivity index (χ2n) is 5.13. The molecule has 0 atom stereocenters. The monoisotopic (exact) mass is 353 g/mol. The lowest BCUT2D eigenvalue weighted by molar-refractivity contribution is -0.128. The van der Waals surface area contributed by atoms with E-state index in [1.807, 2.05) is 35.2 Å². The van der Waals surface area contributed by atoms with Gasteiger partial charge in [-0.3, -0.25) is 4.79 Å². The maximum absolute atomic E-state index is 12.0. The van der Waals surface area contributed by atoms with Crippen LogP contribution in [0.1, 0.15) is 5.69 Å². The highest BCUT2D eigenvalue weighted by Gasteiger charge is 2.16. The molecular weight excluding hydrogens is 334 g/mol. The fourth-order valence-electron chi connectivity index (χ4n) is 2.34. The number of carbonyl (C=O) groups excluding carboxylic acids is 1. The van der Waals surface area contributed by atoms with Crippen molar-refractivity contribution in [1.29, 1.82) is 0 Å². The van der Waals surface area contributed by atoms with Crippen molar-refractivity contribution in [3.63, 3.8) is 0 Å². The third-order valence-corrected chi connectivity index (χ3v) is 4.47. The van der Waals surface area contributed by atoms with Gasteiger partial charge in [0.2, 0.25) is 11.8 Å². The van der Waals surface area contributed by atoms with Crippen LogP contribution in [-0.4, -0.2) is 47.7 Å². The summed E-state index contributed by atoms with van der Waals surface area (Å²) in [4.78, 5) is 18.4. The van der Waals surface area contributed by atoms with Crippen LogP contribution in [0.4, 0.5) is 0 Å². The van der Waals surface area contributed by atoms with Crippen molar-refractivity contribution in [3.8, 4) is 11.5 Å². The summed E-state index contributed by atoms with van der Waals surface area (Å²) in [5.74, 6) is 2.02. The summed E-state index contributed by atoms with van der Waals surface area (Å²) >= 11 is 1.58. The lowest BCUT2D eigenvalue weighted by Gasteiger charge is -2.27. The van der Waals surface area contributed by atoms with E-state index in [0.717, 1.165) is 37.4 Å². The SMILES string of the molecule is Cl.O=C(CSCc1coc(-c2ccccc2)n1)N1CCNCC1. The molecular formula is C16H20ClN3O2S. The van der Waals surface area contributed by atoms with Gasteiger partial charge in [0.1, 0.15) is 6.26 Å². The second kappa shape index (κ2) is 8.96. The van der Waals surface area contributed by atoms with Crippen molar-refractivity contribution in [2.45, 2.75) is 5.75 Å². The maximum atomic E-state index is 12.0. The molecule has 2 aromatic rings. The Morgan fingerprint density at radius 1 is 1.26 bits per heavy atom. The van der Waals surface area contributed by atoms with E-state index in [1.54, 1.807) is 18.0 Å². The number of carbonyl (C=O) groups is 1. The lowest BCUT2D eigenvalue weighted by Crippen LogP contribution is -2.47. The number of hydrogen-bond donors (Lipinski definition) is 1. The fourth-order valence-corrected chi connectivity index (χ4v) is 3.14. The van der Waals surface area contributed by atoms with Gasteiger partial charge in [-0.15, -0.1) is 24.2 Å². The van der Waals surface area contributed by atoms with Gasteiger partial charge in [-0.1, -0.05) is 18.2 Å². The Hall–Kier alpha value is -1.50. The molecule has 7 heteroatoms. The van der Waals surface area contributed by atoms with Crippen LogP contribution in [0, 0.1) is 0 Å². The predicted molar refractivity (Wildman–Crippen MR) is 94.8 cm³/mol. The van der Waals surface area contributed by atoms with Crippen molar-refractivity contribution < 1.29 is 9.21 Å². The Morgan fingerprint density at radius 2 is 2.00 bits per heavy atom. The van der Waals surface area contributed by atoms with Crippen LogP contribution in [0.5, 0.6) is 0 Å². The first kappa shape index (κ1) is 17.8. The van der Waals surface area contributed by atoms with E-state index < -0.39 is 0 Å². The van der Waals surface area contributed by atoms with E-state index in [9.17, 15) is 4.79 Å². The molecule has 1 saturated heterocycles. The summed E-state index contributed by atoms with van der Waals surface area (Å²) in [6, 6.07) is 9.82. The summed E-state index contributed by atoms with van der Waals surface area (Å²) in [6.45, 7) is 3.39. The second-order valence-corrected chi connectivity index (χ2v) is 6.12. The van der Waals surface area contributed by atoms with E-state index in [0.29, 0.717) is 17.4 Å². The van der Waals surface area contributed by atoms with Crippen molar-refractivity contribution in [2.24, 2.45) is 0 Å². The van der Waals surface area contributed by atoms with Gasteiger partial charge in [-0.2, -0.15) is 0 Å². The highest BCUT2D eigenvalue weighted by molar-refractivity contribution is 7.99. The minimum Gasteiger partial charge on any atom is -0.444 e. The molecule has 1 aromatic carbocycles. The number of thioether (sulfide) groups is 1. The first-order valence-corrected chi connectivity index (χ1v) is 8.54. The van der Waals surface area contributed by atoms with E-state index in [1.165, 1.54) is 0 Å². The molecule has 5 nitrogen and oxygen atoms in total. The molecule has 1 aromatic heterocycles. The highest BCUT2D eigenvalue weighted by atomic mass is 35.5. The Balaban J connectivity index is 0.00000192. The van der Waals surface area contributed by atoms with E-state index >= 15 is 0 Å². The largest absolute Gasteiger partial charge is 0.444 e. The number of rotatable bonds is 5. The Labute approximate surface area is 146 Å². The molecule has 1 fully saturated rings. The number of hydrogen-bond acceptors (Lipinski definition) is 5. The van der Waals surface area contributed by atoms with Crippen molar-refractivity contribution in [3.05, 3.63) is 42.3 Å². The van der Waals surface area contributed by atoms with Gasteiger partial charge in [0.15, 0.2) is 0 Å². The van der Waals surface area contributed by atoms with Crippen LogP contribution in [0.3, 0.4) is 0 Å². The zero-order valence-electron chi connectivity index (χ0n) is 12.7. The van der Waals surface area contributed by atoms with Gasteiger partial charge in [-0.05, 0) is 12.1 Å². The number of aromatic nitrogens is 1. The van der Waals surface area contributed by atoms with Gasteiger partial charge < -0.3 is 14.6 Å². The van der Waals surface area contributed by atoms with Crippen LogP contribution < -0.4 is 5.32 Å². The topological polar surface area (TPSA) is 58.4 Å². The lowest BCUT2D eigenvalue weighted by atomic mass is 10.2. The molecule has 1 amide bonds. The zero-order chi connectivity index (χ0) is 15.2. The number of amides is 1. The van der Waals surface area contributed by atoms with Crippen LogP contribution in [0.25, 0.3) is 11.5 Å². The molecule has 1 aliphatic rings. The minimum absolute atomic E-state index is 0. The average Bonchev–Trinajstić information content (AvgIpc) is 3.05. The molecule has 2 heterocycles. The smallest absolute Gasteiger partial charge is 0.232 e. The van der Waals surface area contributed by atoms with E-state index in [4.69, 9.17) is 4.42 Å². The third kappa shape index (κ3) is 4.99. The fraction of sp³-hybridized carbons (Fsp3) is 0.375. The molecule has 0 spiro atoms. The van der Waals surface area contributed by atoms with Gasteiger partial charge in [0.25, 0.3) is 0 Å². The molecule has 1 N–H and O–H groups in total. The zero-order valence-corrected chi connectivity index (χ0v) is 14.4. The third-order valence-electron chi connectivity index (χ3n) is 3.52. The quantitative estimate of drug-likeness (QED) is 0.894. The maximum Gasteiger partial charge on any atom is 0.232 e.